The van der Waals surface area contributed by atoms with Gasteiger partial charge in [0, 0.05) is 18.2 Å². The van der Waals surface area contributed by atoms with Crippen LogP contribution in [0.4, 0.5) is 0 Å². The fourth-order valence-corrected chi connectivity index (χ4v) is 1.97. The van der Waals surface area contributed by atoms with Crippen LogP contribution in [0.25, 0.3) is 0 Å². The number of nitrogens with one attached hydrogen (secondary N) is 2. The second kappa shape index (κ2) is 5.46. The first-order valence-electron chi connectivity index (χ1n) is 5.81. The predicted octanol–water partition coefficient (Wildman–Crippen LogP) is 1.04. The van der Waals surface area contributed by atoms with Crippen LogP contribution < -0.4 is 10.6 Å². The minimum Gasteiger partial charge on any atom is -0.348 e. The number of hydrogen-bond donors (Lipinski definition) is 2. The van der Waals surface area contributed by atoms with Crippen molar-refractivity contribution in [3.8, 4) is 6.07 Å². The van der Waals surface area contributed by atoms with Gasteiger partial charge in [-0.15, -0.1) is 0 Å². The SMILES string of the molecule is N#Cc1cccc(C(=O)NC2CCCNC2)c1. The highest BCUT2D eigenvalue weighted by Gasteiger charge is 2.16. The van der Waals surface area contributed by atoms with Crippen LogP contribution in [0.5, 0.6) is 0 Å². The number of benzene rings is 1. The normalized spacial score (nSPS) is 19.4. The van der Waals surface area contributed by atoms with Crippen LogP contribution in [0, 0.1) is 11.3 Å². The average Bonchev–Trinajstić information content (AvgIpc) is 2.40. The van der Waals surface area contributed by atoms with E-state index in [1.165, 1.54) is 0 Å². The summed E-state index contributed by atoms with van der Waals surface area (Å²) < 4.78 is 0. The molecule has 4 heteroatoms. The molecular formula is C13H15N3O. The maximum Gasteiger partial charge on any atom is 0.251 e. The van der Waals surface area contributed by atoms with E-state index in [4.69, 9.17) is 5.26 Å². The first-order chi connectivity index (χ1) is 8.29. The topological polar surface area (TPSA) is 64.9 Å². The van der Waals surface area contributed by atoms with Gasteiger partial charge in [0.15, 0.2) is 0 Å². The Labute approximate surface area is 101 Å². The van der Waals surface area contributed by atoms with Gasteiger partial charge in [0.25, 0.3) is 5.91 Å². The number of nitrogens with zero attached hydrogens (tertiary/aromatic N) is 1. The molecule has 0 saturated carbocycles. The Hall–Kier alpha value is -1.86. The summed E-state index contributed by atoms with van der Waals surface area (Å²) in [6.45, 7) is 1.85. The Balaban J connectivity index is 2.01. The molecule has 1 aromatic carbocycles. The molecule has 1 amide bonds. The van der Waals surface area contributed by atoms with Gasteiger partial charge in [0.05, 0.1) is 11.6 Å². The molecule has 17 heavy (non-hydrogen) atoms. The van der Waals surface area contributed by atoms with E-state index in [0.717, 1.165) is 25.9 Å². The number of amides is 1. The lowest BCUT2D eigenvalue weighted by atomic mass is 10.1. The summed E-state index contributed by atoms with van der Waals surface area (Å²) in [5, 5.41) is 15.0. The minimum absolute atomic E-state index is 0.101. The van der Waals surface area contributed by atoms with Crippen LogP contribution in [-0.4, -0.2) is 25.0 Å². The van der Waals surface area contributed by atoms with Gasteiger partial charge < -0.3 is 10.6 Å². The van der Waals surface area contributed by atoms with E-state index in [1.54, 1.807) is 24.3 Å². The molecule has 1 heterocycles. The standard InChI is InChI=1S/C13H15N3O/c14-8-10-3-1-4-11(7-10)13(17)16-12-5-2-6-15-9-12/h1,3-4,7,12,15H,2,5-6,9H2,(H,16,17). The fraction of sp³-hybridized carbons (Fsp3) is 0.385. The Morgan fingerprint density at radius 2 is 2.41 bits per heavy atom. The highest BCUT2D eigenvalue weighted by atomic mass is 16.1. The second-order valence-electron chi connectivity index (χ2n) is 4.21. The Morgan fingerprint density at radius 3 is 3.12 bits per heavy atom. The van der Waals surface area contributed by atoms with Crippen molar-refractivity contribution in [2.24, 2.45) is 0 Å². The molecule has 1 atom stereocenters. The molecule has 1 aromatic rings. The number of rotatable bonds is 2. The molecule has 0 aromatic heterocycles. The summed E-state index contributed by atoms with van der Waals surface area (Å²) >= 11 is 0. The maximum absolute atomic E-state index is 11.9. The summed E-state index contributed by atoms with van der Waals surface area (Å²) in [5.41, 5.74) is 1.06. The largest absolute Gasteiger partial charge is 0.348 e. The van der Waals surface area contributed by atoms with E-state index in [1.807, 2.05) is 6.07 Å². The molecule has 1 aliphatic rings. The van der Waals surface area contributed by atoms with Crippen molar-refractivity contribution >= 4 is 5.91 Å². The van der Waals surface area contributed by atoms with E-state index < -0.39 is 0 Å². The number of carbonyl (C=O) groups excluding carboxylic acids is 1. The zero-order valence-electron chi connectivity index (χ0n) is 9.57. The molecule has 1 saturated heterocycles. The Bertz CT molecular complexity index is 444. The molecule has 2 N–H and O–H groups in total. The van der Waals surface area contributed by atoms with Gasteiger partial charge >= 0.3 is 0 Å². The summed E-state index contributed by atoms with van der Waals surface area (Å²) in [5.74, 6) is -0.101. The zero-order valence-corrected chi connectivity index (χ0v) is 9.57. The summed E-state index contributed by atoms with van der Waals surface area (Å²) in [6, 6.07) is 9.00. The Kier molecular flexibility index (Phi) is 3.73. The molecule has 88 valence electrons. The van der Waals surface area contributed by atoms with Crippen LogP contribution >= 0.6 is 0 Å². The third kappa shape index (κ3) is 3.05. The Morgan fingerprint density at radius 1 is 1.53 bits per heavy atom. The van der Waals surface area contributed by atoms with Crippen molar-refractivity contribution in [3.05, 3.63) is 35.4 Å². The van der Waals surface area contributed by atoms with Gasteiger partial charge in [-0.3, -0.25) is 4.79 Å². The monoisotopic (exact) mass is 229 g/mol. The summed E-state index contributed by atoms with van der Waals surface area (Å²) in [4.78, 5) is 11.9. The van der Waals surface area contributed by atoms with Crippen LogP contribution in [0.15, 0.2) is 24.3 Å². The quantitative estimate of drug-likeness (QED) is 0.796. The van der Waals surface area contributed by atoms with E-state index in [0.29, 0.717) is 11.1 Å². The fourth-order valence-electron chi connectivity index (χ4n) is 1.97. The second-order valence-corrected chi connectivity index (χ2v) is 4.21. The smallest absolute Gasteiger partial charge is 0.251 e. The summed E-state index contributed by atoms with van der Waals surface area (Å²) in [6.07, 6.45) is 2.10. The summed E-state index contributed by atoms with van der Waals surface area (Å²) in [7, 11) is 0. The van der Waals surface area contributed by atoms with Crippen molar-refractivity contribution in [3.63, 3.8) is 0 Å². The predicted molar refractivity (Wildman–Crippen MR) is 64.5 cm³/mol. The van der Waals surface area contributed by atoms with E-state index in [-0.39, 0.29) is 11.9 Å². The molecule has 0 spiro atoms. The van der Waals surface area contributed by atoms with Crippen molar-refractivity contribution < 1.29 is 4.79 Å². The van der Waals surface area contributed by atoms with Crippen molar-refractivity contribution in [2.75, 3.05) is 13.1 Å². The third-order valence-corrected chi connectivity index (χ3v) is 2.89. The van der Waals surface area contributed by atoms with Crippen LogP contribution in [0.3, 0.4) is 0 Å². The van der Waals surface area contributed by atoms with Gasteiger partial charge in [-0.05, 0) is 37.6 Å². The molecule has 0 bridgehead atoms. The van der Waals surface area contributed by atoms with Gasteiger partial charge in [-0.1, -0.05) is 6.07 Å². The lowest BCUT2D eigenvalue weighted by Gasteiger charge is -2.23. The lowest BCUT2D eigenvalue weighted by Crippen LogP contribution is -2.45. The van der Waals surface area contributed by atoms with E-state index in [9.17, 15) is 4.79 Å². The van der Waals surface area contributed by atoms with Gasteiger partial charge in [-0.25, -0.2) is 0 Å². The average molecular weight is 229 g/mol. The molecule has 2 rings (SSSR count). The number of hydrogen-bond acceptors (Lipinski definition) is 3. The molecule has 1 aliphatic heterocycles. The van der Waals surface area contributed by atoms with Crippen molar-refractivity contribution in [1.29, 1.82) is 5.26 Å². The molecule has 4 nitrogen and oxygen atoms in total. The lowest BCUT2D eigenvalue weighted by molar-refractivity contribution is 0.0930. The van der Waals surface area contributed by atoms with Gasteiger partial charge in [0.2, 0.25) is 0 Å². The van der Waals surface area contributed by atoms with E-state index in [2.05, 4.69) is 10.6 Å². The molecule has 0 radical (unpaired) electrons. The first-order valence-corrected chi connectivity index (χ1v) is 5.81. The van der Waals surface area contributed by atoms with Crippen LogP contribution in [-0.2, 0) is 0 Å². The maximum atomic E-state index is 11.9. The highest BCUT2D eigenvalue weighted by Crippen LogP contribution is 2.06. The van der Waals surface area contributed by atoms with Gasteiger partial charge in [0.1, 0.15) is 0 Å². The third-order valence-electron chi connectivity index (χ3n) is 2.89. The van der Waals surface area contributed by atoms with Crippen LogP contribution in [0.1, 0.15) is 28.8 Å². The van der Waals surface area contributed by atoms with Crippen molar-refractivity contribution in [1.82, 2.24) is 10.6 Å². The van der Waals surface area contributed by atoms with E-state index >= 15 is 0 Å². The molecule has 1 fully saturated rings. The van der Waals surface area contributed by atoms with Crippen LogP contribution in [0.2, 0.25) is 0 Å². The number of carbonyl (C=O) groups is 1. The first kappa shape index (κ1) is 11.6. The highest BCUT2D eigenvalue weighted by molar-refractivity contribution is 5.94. The molecular weight excluding hydrogens is 214 g/mol. The molecule has 1 unspecified atom stereocenters. The zero-order chi connectivity index (χ0) is 12.1. The van der Waals surface area contributed by atoms with Gasteiger partial charge in [-0.2, -0.15) is 5.26 Å². The number of nitriles is 1. The minimum atomic E-state index is -0.101. The number of piperidine rings is 1. The molecule has 0 aliphatic carbocycles. The van der Waals surface area contributed by atoms with Crippen molar-refractivity contribution in [2.45, 2.75) is 18.9 Å².